The minimum absolute atomic E-state index is 0.0554. The lowest BCUT2D eigenvalue weighted by Gasteiger charge is -2.34. The van der Waals surface area contributed by atoms with Gasteiger partial charge in [0.05, 0.1) is 12.7 Å². The van der Waals surface area contributed by atoms with E-state index in [9.17, 15) is 4.79 Å². The maximum atomic E-state index is 12.0. The summed E-state index contributed by atoms with van der Waals surface area (Å²) in [6, 6.07) is 0.346. The summed E-state index contributed by atoms with van der Waals surface area (Å²) in [7, 11) is 0. The van der Waals surface area contributed by atoms with E-state index in [1.165, 1.54) is 0 Å². The largest absolute Gasteiger partial charge is 0.325 e. The van der Waals surface area contributed by atoms with Crippen LogP contribution in [-0.2, 0) is 4.79 Å². The fourth-order valence-corrected chi connectivity index (χ4v) is 1.88. The summed E-state index contributed by atoms with van der Waals surface area (Å²) in [4.78, 5) is 14.0. The molecule has 0 spiro atoms. The normalized spacial score (nSPS) is 24.7. The molecule has 1 aliphatic rings. The van der Waals surface area contributed by atoms with Gasteiger partial charge in [0.1, 0.15) is 0 Å². The van der Waals surface area contributed by atoms with Crippen LogP contribution in [0.3, 0.4) is 0 Å². The molecule has 0 aromatic rings. The highest BCUT2D eigenvalue weighted by molar-refractivity contribution is 5.84. The molecular formula is C12H24N2O. The zero-order valence-corrected chi connectivity index (χ0v) is 10.6. The molecular weight excluding hydrogens is 188 g/mol. The molecule has 0 radical (unpaired) electrons. The third-order valence-electron chi connectivity index (χ3n) is 3.39. The molecule has 1 amide bonds. The van der Waals surface area contributed by atoms with Gasteiger partial charge in [-0.1, -0.05) is 34.1 Å². The Morgan fingerprint density at radius 2 is 2.13 bits per heavy atom. The Hall–Kier alpha value is -0.570. The SMILES string of the molecule is CCCC1NCN(C(C)C(C)(C)C)C1=O. The summed E-state index contributed by atoms with van der Waals surface area (Å²) in [6.07, 6.45) is 2.01. The van der Waals surface area contributed by atoms with Crippen molar-refractivity contribution < 1.29 is 4.79 Å². The quantitative estimate of drug-likeness (QED) is 0.776. The molecule has 0 bridgehead atoms. The van der Waals surface area contributed by atoms with Gasteiger partial charge in [-0.15, -0.1) is 0 Å². The molecule has 1 fully saturated rings. The number of carbonyl (C=O) groups is 1. The number of hydrogen-bond donors (Lipinski definition) is 1. The Bertz CT molecular complexity index is 232. The van der Waals surface area contributed by atoms with Crippen molar-refractivity contribution in [1.29, 1.82) is 0 Å². The predicted octanol–water partition coefficient (Wildman–Crippen LogP) is 1.98. The molecule has 3 heteroatoms. The van der Waals surface area contributed by atoms with Crippen LogP contribution in [0.2, 0.25) is 0 Å². The van der Waals surface area contributed by atoms with Crippen molar-refractivity contribution in [3.63, 3.8) is 0 Å². The Balaban J connectivity index is 2.63. The Morgan fingerprint density at radius 3 is 2.60 bits per heavy atom. The van der Waals surface area contributed by atoms with Gasteiger partial charge in [0, 0.05) is 6.04 Å². The van der Waals surface area contributed by atoms with Gasteiger partial charge in [-0.3, -0.25) is 10.1 Å². The molecule has 0 aromatic heterocycles. The minimum Gasteiger partial charge on any atom is -0.325 e. The van der Waals surface area contributed by atoms with Crippen LogP contribution in [0.1, 0.15) is 47.5 Å². The fourth-order valence-electron chi connectivity index (χ4n) is 1.88. The molecule has 1 saturated heterocycles. The van der Waals surface area contributed by atoms with Gasteiger partial charge >= 0.3 is 0 Å². The summed E-state index contributed by atoms with van der Waals surface area (Å²) in [5.74, 6) is 0.277. The molecule has 2 atom stereocenters. The monoisotopic (exact) mass is 212 g/mol. The van der Waals surface area contributed by atoms with Crippen LogP contribution in [0.15, 0.2) is 0 Å². The first-order valence-electron chi connectivity index (χ1n) is 5.91. The lowest BCUT2D eigenvalue weighted by atomic mass is 9.87. The third kappa shape index (κ3) is 2.71. The average molecular weight is 212 g/mol. The zero-order valence-electron chi connectivity index (χ0n) is 10.6. The number of hydrogen-bond acceptors (Lipinski definition) is 2. The smallest absolute Gasteiger partial charge is 0.241 e. The van der Waals surface area contributed by atoms with E-state index in [4.69, 9.17) is 0 Å². The summed E-state index contributed by atoms with van der Waals surface area (Å²) in [5.41, 5.74) is 0.151. The van der Waals surface area contributed by atoms with Crippen LogP contribution in [-0.4, -0.2) is 29.6 Å². The van der Waals surface area contributed by atoms with Gasteiger partial charge in [-0.05, 0) is 18.8 Å². The molecule has 1 aliphatic heterocycles. The van der Waals surface area contributed by atoms with Crippen LogP contribution in [0.5, 0.6) is 0 Å². The van der Waals surface area contributed by atoms with Gasteiger partial charge in [0.15, 0.2) is 0 Å². The lowest BCUT2D eigenvalue weighted by Crippen LogP contribution is -2.44. The number of nitrogens with one attached hydrogen (secondary N) is 1. The number of carbonyl (C=O) groups excluding carboxylic acids is 1. The van der Waals surface area contributed by atoms with Crippen molar-refractivity contribution >= 4 is 5.91 Å². The summed E-state index contributed by atoms with van der Waals surface area (Å²) in [6.45, 7) is 11.5. The standard InChI is InChI=1S/C12H24N2O/c1-6-7-10-11(15)14(8-13-10)9(2)12(3,4)5/h9-10,13H,6-8H2,1-5H3. The number of nitrogens with zero attached hydrogens (tertiary/aromatic N) is 1. The van der Waals surface area contributed by atoms with Gasteiger partial charge < -0.3 is 4.90 Å². The van der Waals surface area contributed by atoms with E-state index < -0.39 is 0 Å². The van der Waals surface area contributed by atoms with Gasteiger partial charge in [0.2, 0.25) is 5.91 Å². The molecule has 1 heterocycles. The molecule has 1 rings (SSSR count). The molecule has 0 saturated carbocycles. The summed E-state index contributed by atoms with van der Waals surface area (Å²) >= 11 is 0. The van der Waals surface area contributed by atoms with Crippen LogP contribution in [0.4, 0.5) is 0 Å². The second-order valence-electron chi connectivity index (χ2n) is 5.55. The van der Waals surface area contributed by atoms with Crippen molar-refractivity contribution in [3.8, 4) is 0 Å². The Kier molecular flexibility index (Phi) is 3.77. The van der Waals surface area contributed by atoms with Crippen molar-refractivity contribution in [2.45, 2.75) is 59.5 Å². The minimum atomic E-state index is 0.0554. The Morgan fingerprint density at radius 1 is 1.53 bits per heavy atom. The molecule has 88 valence electrons. The summed E-state index contributed by atoms with van der Waals surface area (Å²) < 4.78 is 0. The second-order valence-corrected chi connectivity index (χ2v) is 5.55. The topological polar surface area (TPSA) is 32.3 Å². The Labute approximate surface area is 93.2 Å². The lowest BCUT2D eigenvalue weighted by molar-refractivity contribution is -0.132. The summed E-state index contributed by atoms with van der Waals surface area (Å²) in [5, 5.41) is 3.29. The first-order chi connectivity index (χ1) is 6.88. The highest BCUT2D eigenvalue weighted by Gasteiger charge is 2.37. The average Bonchev–Trinajstić information content (AvgIpc) is 2.46. The van der Waals surface area contributed by atoms with E-state index in [0.29, 0.717) is 12.7 Å². The fraction of sp³-hybridized carbons (Fsp3) is 0.917. The van der Waals surface area contributed by atoms with Gasteiger partial charge in [0.25, 0.3) is 0 Å². The highest BCUT2D eigenvalue weighted by Crippen LogP contribution is 2.26. The molecule has 3 nitrogen and oxygen atoms in total. The van der Waals surface area contributed by atoms with E-state index in [2.05, 4.69) is 39.9 Å². The number of amides is 1. The van der Waals surface area contributed by atoms with Crippen molar-refractivity contribution in [2.24, 2.45) is 5.41 Å². The highest BCUT2D eigenvalue weighted by atomic mass is 16.2. The van der Waals surface area contributed by atoms with E-state index in [0.717, 1.165) is 12.8 Å². The first-order valence-corrected chi connectivity index (χ1v) is 5.91. The zero-order chi connectivity index (χ0) is 11.6. The first kappa shape index (κ1) is 12.5. The van der Waals surface area contributed by atoms with Crippen LogP contribution >= 0.6 is 0 Å². The van der Waals surface area contributed by atoms with Crippen molar-refractivity contribution in [1.82, 2.24) is 10.2 Å². The van der Waals surface area contributed by atoms with Crippen molar-refractivity contribution in [2.75, 3.05) is 6.67 Å². The van der Waals surface area contributed by atoms with Gasteiger partial charge in [-0.2, -0.15) is 0 Å². The number of rotatable bonds is 3. The second kappa shape index (κ2) is 4.52. The molecule has 1 N–H and O–H groups in total. The van der Waals surface area contributed by atoms with Crippen LogP contribution < -0.4 is 5.32 Å². The maximum Gasteiger partial charge on any atom is 0.241 e. The van der Waals surface area contributed by atoms with Crippen LogP contribution in [0, 0.1) is 5.41 Å². The molecule has 2 unspecified atom stereocenters. The van der Waals surface area contributed by atoms with E-state index in [-0.39, 0.29) is 17.4 Å². The predicted molar refractivity (Wildman–Crippen MR) is 62.5 cm³/mol. The molecule has 0 aromatic carbocycles. The van der Waals surface area contributed by atoms with E-state index in [1.54, 1.807) is 0 Å². The maximum absolute atomic E-state index is 12.0. The molecule has 0 aliphatic carbocycles. The van der Waals surface area contributed by atoms with E-state index >= 15 is 0 Å². The van der Waals surface area contributed by atoms with Crippen molar-refractivity contribution in [3.05, 3.63) is 0 Å². The van der Waals surface area contributed by atoms with Crippen LogP contribution in [0.25, 0.3) is 0 Å². The molecule has 15 heavy (non-hydrogen) atoms. The van der Waals surface area contributed by atoms with Gasteiger partial charge in [-0.25, -0.2) is 0 Å². The van der Waals surface area contributed by atoms with E-state index in [1.807, 2.05) is 4.90 Å². The third-order valence-corrected chi connectivity index (χ3v) is 3.39.